The molecule has 0 bridgehead atoms. The molecule has 0 aliphatic carbocycles. The smallest absolute Gasteiger partial charge is 0.230 e. The van der Waals surface area contributed by atoms with Crippen LogP contribution in [0.2, 0.25) is 0 Å². The third-order valence-corrected chi connectivity index (χ3v) is 5.97. The number of hydrogen-bond donors (Lipinski definition) is 0. The lowest BCUT2D eigenvalue weighted by Crippen LogP contribution is -2.49. The van der Waals surface area contributed by atoms with Gasteiger partial charge in [-0.05, 0) is 48.5 Å². The largest absolute Gasteiger partial charge is 0.497 e. The number of amides is 1. The van der Waals surface area contributed by atoms with Gasteiger partial charge in [-0.3, -0.25) is 4.79 Å². The molecule has 4 aromatic rings. The number of carbonyl (C=O) groups is 1. The predicted octanol–water partition coefficient (Wildman–Crippen LogP) is 2.76. The van der Waals surface area contributed by atoms with Gasteiger partial charge in [0.05, 0.1) is 19.2 Å². The van der Waals surface area contributed by atoms with Gasteiger partial charge < -0.3 is 19.1 Å². The van der Waals surface area contributed by atoms with E-state index in [1.54, 1.807) is 19.2 Å². The van der Waals surface area contributed by atoms with Crippen molar-refractivity contribution in [1.82, 2.24) is 29.4 Å². The number of benzene rings is 2. The Balaban J connectivity index is 1.36. The van der Waals surface area contributed by atoms with Crippen LogP contribution in [0.1, 0.15) is 5.82 Å². The Labute approximate surface area is 201 Å². The highest BCUT2D eigenvalue weighted by atomic mass is 19.1. The van der Waals surface area contributed by atoms with Crippen molar-refractivity contribution >= 4 is 11.9 Å². The van der Waals surface area contributed by atoms with Crippen LogP contribution in [0.5, 0.6) is 5.75 Å². The average Bonchev–Trinajstić information content (AvgIpc) is 3.33. The van der Waals surface area contributed by atoms with Gasteiger partial charge in [0.15, 0.2) is 0 Å². The van der Waals surface area contributed by atoms with E-state index in [-0.39, 0.29) is 18.1 Å². The van der Waals surface area contributed by atoms with E-state index in [4.69, 9.17) is 9.72 Å². The molecule has 2 aromatic heterocycles. The molecule has 1 aliphatic heterocycles. The van der Waals surface area contributed by atoms with Crippen molar-refractivity contribution in [2.75, 3.05) is 38.2 Å². The minimum Gasteiger partial charge on any atom is -0.497 e. The second kappa shape index (κ2) is 9.88. The van der Waals surface area contributed by atoms with Gasteiger partial charge in [0.2, 0.25) is 11.9 Å². The van der Waals surface area contributed by atoms with Crippen LogP contribution in [0.4, 0.5) is 10.3 Å². The topological polar surface area (TPSA) is 89.3 Å². The molecule has 10 heteroatoms. The van der Waals surface area contributed by atoms with Crippen molar-refractivity contribution in [2.45, 2.75) is 6.42 Å². The van der Waals surface area contributed by atoms with Crippen LogP contribution in [0, 0.1) is 5.82 Å². The number of methoxy groups -OCH3 is 1. The maximum absolute atomic E-state index is 13.5. The van der Waals surface area contributed by atoms with Crippen LogP contribution in [0.3, 0.4) is 0 Å². The first kappa shape index (κ1) is 22.5. The van der Waals surface area contributed by atoms with E-state index in [0.717, 1.165) is 22.7 Å². The molecule has 0 spiro atoms. The number of hydrogen-bond acceptors (Lipinski definition) is 7. The van der Waals surface area contributed by atoms with Crippen molar-refractivity contribution in [3.63, 3.8) is 0 Å². The fourth-order valence-electron chi connectivity index (χ4n) is 4.07. The molecule has 1 saturated heterocycles. The zero-order valence-corrected chi connectivity index (χ0v) is 19.2. The summed E-state index contributed by atoms with van der Waals surface area (Å²) < 4.78 is 20.6. The molecule has 3 heterocycles. The van der Waals surface area contributed by atoms with Gasteiger partial charge in [0.25, 0.3) is 0 Å². The molecule has 2 aromatic carbocycles. The lowest BCUT2D eigenvalue weighted by atomic mass is 10.1. The van der Waals surface area contributed by atoms with Crippen LogP contribution in [0.15, 0.2) is 67.4 Å². The van der Waals surface area contributed by atoms with Crippen LogP contribution in [0.25, 0.3) is 16.9 Å². The SMILES string of the molecule is COc1ccc(-c2cn(-c3ccc(F)cc3)c(CC(=O)N3CCN(c4ncncn4)CC3)n2)cc1. The number of carbonyl (C=O) groups excluding carboxylic acids is 1. The van der Waals surface area contributed by atoms with Gasteiger partial charge in [0.1, 0.15) is 30.0 Å². The van der Waals surface area contributed by atoms with E-state index in [1.165, 1.54) is 24.8 Å². The minimum absolute atomic E-state index is 0.0180. The van der Waals surface area contributed by atoms with E-state index in [1.807, 2.05) is 44.8 Å². The fourth-order valence-corrected chi connectivity index (χ4v) is 4.07. The molecule has 1 aliphatic rings. The summed E-state index contributed by atoms with van der Waals surface area (Å²) in [5, 5.41) is 0. The van der Waals surface area contributed by atoms with Crippen LogP contribution >= 0.6 is 0 Å². The van der Waals surface area contributed by atoms with Crippen LogP contribution < -0.4 is 9.64 Å². The summed E-state index contributed by atoms with van der Waals surface area (Å²) in [5.41, 5.74) is 2.35. The molecule has 0 saturated carbocycles. The first-order chi connectivity index (χ1) is 17.1. The van der Waals surface area contributed by atoms with Gasteiger partial charge in [-0.1, -0.05) is 0 Å². The highest BCUT2D eigenvalue weighted by Gasteiger charge is 2.24. The molecule has 0 radical (unpaired) electrons. The van der Waals surface area contributed by atoms with Gasteiger partial charge >= 0.3 is 0 Å². The molecule has 0 N–H and O–H groups in total. The van der Waals surface area contributed by atoms with Crippen LogP contribution in [-0.4, -0.2) is 68.6 Å². The third-order valence-electron chi connectivity index (χ3n) is 5.97. The predicted molar refractivity (Wildman–Crippen MR) is 128 cm³/mol. The maximum Gasteiger partial charge on any atom is 0.230 e. The number of anilines is 1. The van der Waals surface area contributed by atoms with Crippen molar-refractivity contribution in [3.05, 3.63) is 79.0 Å². The molecule has 0 unspecified atom stereocenters. The summed E-state index contributed by atoms with van der Waals surface area (Å²) in [6, 6.07) is 13.7. The molecule has 0 atom stereocenters. The van der Waals surface area contributed by atoms with Crippen molar-refractivity contribution in [1.29, 1.82) is 0 Å². The van der Waals surface area contributed by atoms with Gasteiger partial charge in [-0.15, -0.1) is 0 Å². The van der Waals surface area contributed by atoms with Crippen LogP contribution in [-0.2, 0) is 11.2 Å². The summed E-state index contributed by atoms with van der Waals surface area (Å²) >= 11 is 0. The monoisotopic (exact) mass is 473 g/mol. The number of ether oxygens (including phenoxy) is 1. The summed E-state index contributed by atoms with van der Waals surface area (Å²) in [4.78, 5) is 34.1. The summed E-state index contributed by atoms with van der Waals surface area (Å²) in [7, 11) is 1.62. The van der Waals surface area contributed by atoms with E-state index < -0.39 is 0 Å². The second-order valence-electron chi connectivity index (χ2n) is 8.10. The molecule has 178 valence electrons. The molecule has 9 nitrogen and oxygen atoms in total. The Morgan fingerprint density at radius 3 is 2.31 bits per heavy atom. The number of imidazole rings is 1. The number of rotatable bonds is 6. The quantitative estimate of drug-likeness (QED) is 0.425. The van der Waals surface area contributed by atoms with Crippen molar-refractivity contribution in [3.8, 4) is 22.7 Å². The highest BCUT2D eigenvalue weighted by Crippen LogP contribution is 2.25. The first-order valence-corrected chi connectivity index (χ1v) is 11.2. The normalized spacial score (nSPS) is 13.7. The minimum atomic E-state index is -0.321. The zero-order valence-electron chi connectivity index (χ0n) is 19.2. The van der Waals surface area contributed by atoms with E-state index in [0.29, 0.717) is 38.0 Å². The Morgan fingerprint density at radius 1 is 0.971 bits per heavy atom. The van der Waals surface area contributed by atoms with Crippen molar-refractivity contribution in [2.24, 2.45) is 0 Å². The number of halogens is 1. The fraction of sp³-hybridized carbons (Fsp3) is 0.240. The molecule has 5 rings (SSSR count). The Morgan fingerprint density at radius 2 is 1.66 bits per heavy atom. The summed E-state index contributed by atoms with van der Waals surface area (Å²) in [6.07, 6.45) is 4.93. The number of nitrogens with zero attached hydrogens (tertiary/aromatic N) is 7. The van der Waals surface area contributed by atoms with Crippen molar-refractivity contribution < 1.29 is 13.9 Å². The Bertz CT molecular complexity index is 1290. The zero-order chi connectivity index (χ0) is 24.2. The Hall–Kier alpha value is -4.34. The number of piperazine rings is 1. The molecular formula is C25H24FN7O2. The first-order valence-electron chi connectivity index (χ1n) is 11.2. The van der Waals surface area contributed by atoms with Gasteiger partial charge in [-0.25, -0.2) is 24.3 Å². The molecule has 1 fully saturated rings. The number of aromatic nitrogens is 5. The summed E-state index contributed by atoms with van der Waals surface area (Å²) in [6.45, 7) is 2.40. The van der Waals surface area contributed by atoms with E-state index in [2.05, 4.69) is 15.0 Å². The lowest BCUT2D eigenvalue weighted by molar-refractivity contribution is -0.130. The molecule has 1 amide bonds. The van der Waals surface area contributed by atoms with Gasteiger partial charge in [-0.2, -0.15) is 0 Å². The third kappa shape index (κ3) is 4.96. The second-order valence-corrected chi connectivity index (χ2v) is 8.10. The summed E-state index contributed by atoms with van der Waals surface area (Å²) in [5.74, 6) is 1.61. The molecular weight excluding hydrogens is 449 g/mol. The maximum atomic E-state index is 13.5. The average molecular weight is 474 g/mol. The highest BCUT2D eigenvalue weighted by molar-refractivity contribution is 5.79. The standard InChI is InChI=1S/C25H24FN7O2/c1-35-21-8-2-18(3-9-21)22-15-33(20-6-4-19(26)5-7-20)23(30-22)14-24(34)31-10-12-32(13-11-31)25-28-16-27-17-29-25/h2-9,15-17H,10-14H2,1H3. The van der Waals surface area contributed by atoms with Gasteiger partial charge in [0, 0.05) is 43.6 Å². The Kier molecular flexibility index (Phi) is 6.34. The molecule has 35 heavy (non-hydrogen) atoms. The van der Waals surface area contributed by atoms with E-state index in [9.17, 15) is 9.18 Å². The lowest BCUT2D eigenvalue weighted by Gasteiger charge is -2.34. The van der Waals surface area contributed by atoms with E-state index >= 15 is 0 Å².